The maximum Gasteiger partial charge on any atom is 0.190 e. The Morgan fingerprint density at radius 2 is 2.19 bits per heavy atom. The number of nitrogens with one attached hydrogen (secondary N) is 2. The molecule has 0 aromatic heterocycles. The van der Waals surface area contributed by atoms with E-state index in [-0.39, 0.29) is 29.8 Å². The van der Waals surface area contributed by atoms with Gasteiger partial charge in [0, 0.05) is 30.7 Å². The highest BCUT2D eigenvalue weighted by Crippen LogP contribution is 2.15. The van der Waals surface area contributed by atoms with Crippen LogP contribution in [0.4, 0.5) is 4.39 Å². The molecule has 0 aliphatic rings. The molecule has 1 aromatic rings. The zero-order valence-electron chi connectivity index (χ0n) is 9.05. The van der Waals surface area contributed by atoms with Gasteiger partial charge in [-0.3, -0.25) is 4.99 Å². The van der Waals surface area contributed by atoms with E-state index >= 15 is 0 Å². The van der Waals surface area contributed by atoms with Crippen LogP contribution >= 0.6 is 39.9 Å². The van der Waals surface area contributed by atoms with Gasteiger partial charge in [0.15, 0.2) is 5.96 Å². The van der Waals surface area contributed by atoms with E-state index in [1.54, 1.807) is 26.2 Å². The molecule has 0 spiro atoms. The lowest BCUT2D eigenvalue weighted by Crippen LogP contribution is -2.34. The van der Waals surface area contributed by atoms with Gasteiger partial charge in [0.05, 0.1) is 0 Å². The van der Waals surface area contributed by atoms with Crippen molar-refractivity contribution in [3.8, 4) is 0 Å². The highest BCUT2D eigenvalue weighted by molar-refractivity contribution is 14.0. The van der Waals surface area contributed by atoms with Gasteiger partial charge in [-0.2, -0.15) is 0 Å². The van der Waals surface area contributed by atoms with Gasteiger partial charge in [-0.05, 0) is 18.2 Å². The molecule has 3 nitrogen and oxygen atoms in total. The number of nitrogens with zero attached hydrogens (tertiary/aromatic N) is 1. The van der Waals surface area contributed by atoms with Crippen LogP contribution in [0.2, 0.25) is 0 Å². The van der Waals surface area contributed by atoms with Gasteiger partial charge in [-0.25, -0.2) is 4.39 Å². The van der Waals surface area contributed by atoms with E-state index in [4.69, 9.17) is 0 Å². The normalized spacial score (nSPS) is 10.6. The molecule has 0 unspecified atom stereocenters. The van der Waals surface area contributed by atoms with E-state index in [2.05, 4.69) is 31.6 Å². The monoisotopic (exact) mass is 401 g/mol. The van der Waals surface area contributed by atoms with Crippen LogP contribution in [0.1, 0.15) is 5.56 Å². The highest BCUT2D eigenvalue weighted by Gasteiger charge is 2.03. The van der Waals surface area contributed by atoms with E-state index in [0.717, 1.165) is 4.47 Å². The van der Waals surface area contributed by atoms with Crippen molar-refractivity contribution in [1.82, 2.24) is 10.6 Å². The zero-order chi connectivity index (χ0) is 11.3. The predicted molar refractivity (Wildman–Crippen MR) is 78.8 cm³/mol. The van der Waals surface area contributed by atoms with Crippen molar-refractivity contribution in [3.63, 3.8) is 0 Å². The molecular formula is C10H14BrFIN3. The Labute approximate surface area is 120 Å². The lowest BCUT2D eigenvalue weighted by atomic mass is 10.2. The fourth-order valence-corrected chi connectivity index (χ4v) is 1.55. The van der Waals surface area contributed by atoms with Crippen LogP contribution in [0.3, 0.4) is 0 Å². The number of rotatable bonds is 2. The molecule has 6 heteroatoms. The summed E-state index contributed by atoms with van der Waals surface area (Å²) < 4.78 is 14.2. The molecule has 0 amide bonds. The van der Waals surface area contributed by atoms with E-state index < -0.39 is 0 Å². The lowest BCUT2D eigenvalue weighted by molar-refractivity contribution is 0.605. The fraction of sp³-hybridized carbons (Fsp3) is 0.300. The first-order chi connectivity index (χ1) is 7.17. The zero-order valence-corrected chi connectivity index (χ0v) is 13.0. The maximum atomic E-state index is 13.3. The van der Waals surface area contributed by atoms with E-state index in [0.29, 0.717) is 18.1 Å². The molecule has 2 N–H and O–H groups in total. The Hall–Kier alpha value is -0.370. The average molecular weight is 402 g/mol. The first-order valence-electron chi connectivity index (χ1n) is 4.49. The Morgan fingerprint density at radius 1 is 1.50 bits per heavy atom. The summed E-state index contributed by atoms with van der Waals surface area (Å²) in [5.41, 5.74) is 0.598. The molecular weight excluding hydrogens is 388 g/mol. The van der Waals surface area contributed by atoms with Crippen LogP contribution in [0.5, 0.6) is 0 Å². The average Bonchev–Trinajstić information content (AvgIpc) is 2.24. The molecule has 1 aromatic carbocycles. The van der Waals surface area contributed by atoms with Crippen LogP contribution in [0.15, 0.2) is 27.7 Å². The Kier molecular flexibility index (Phi) is 7.65. The van der Waals surface area contributed by atoms with Gasteiger partial charge >= 0.3 is 0 Å². The van der Waals surface area contributed by atoms with Crippen LogP contribution in [-0.4, -0.2) is 20.1 Å². The number of hydrogen-bond donors (Lipinski definition) is 2. The number of hydrogen-bond acceptors (Lipinski definition) is 1. The Bertz CT molecular complexity index is 371. The third-order valence-electron chi connectivity index (χ3n) is 1.91. The molecule has 0 aliphatic heterocycles. The summed E-state index contributed by atoms with van der Waals surface area (Å²) in [5.74, 6) is 0.409. The standard InChI is InChI=1S/C10H13BrFN3.HI/c1-13-10(14-2)15-6-7-5-8(11)3-4-9(7)12;/h3-5H,6H2,1-2H3,(H2,13,14,15);1H. The molecule has 16 heavy (non-hydrogen) atoms. The Morgan fingerprint density at radius 3 is 2.75 bits per heavy atom. The first kappa shape index (κ1) is 15.6. The number of guanidine groups is 1. The fourth-order valence-electron chi connectivity index (χ4n) is 1.14. The number of aliphatic imine (C=N–C) groups is 1. The summed E-state index contributed by atoms with van der Waals surface area (Å²) in [6.45, 7) is 0.402. The SMILES string of the molecule is CN=C(NC)NCc1cc(Br)ccc1F.I. The minimum absolute atomic E-state index is 0. The van der Waals surface area contributed by atoms with E-state index in [9.17, 15) is 4.39 Å². The summed E-state index contributed by atoms with van der Waals surface area (Å²) in [6, 6.07) is 4.85. The molecule has 90 valence electrons. The molecule has 0 aliphatic carbocycles. The minimum atomic E-state index is -0.225. The molecule has 0 saturated heterocycles. The number of halogens is 3. The lowest BCUT2D eigenvalue weighted by Gasteiger charge is -2.09. The van der Waals surface area contributed by atoms with Gasteiger partial charge in [0.1, 0.15) is 5.82 Å². The molecule has 0 heterocycles. The number of benzene rings is 1. The molecule has 0 atom stereocenters. The summed E-state index contributed by atoms with van der Waals surface area (Å²) in [4.78, 5) is 3.93. The summed E-state index contributed by atoms with van der Waals surface area (Å²) in [7, 11) is 3.42. The summed E-state index contributed by atoms with van der Waals surface area (Å²) >= 11 is 3.30. The third-order valence-corrected chi connectivity index (χ3v) is 2.41. The van der Waals surface area contributed by atoms with E-state index in [1.807, 2.05) is 0 Å². The maximum absolute atomic E-state index is 13.3. The minimum Gasteiger partial charge on any atom is -0.359 e. The summed E-state index contributed by atoms with van der Waals surface area (Å²) in [6.07, 6.45) is 0. The van der Waals surface area contributed by atoms with Crippen LogP contribution in [-0.2, 0) is 6.54 Å². The van der Waals surface area contributed by atoms with Crippen molar-refractivity contribution in [3.05, 3.63) is 34.1 Å². The third kappa shape index (κ3) is 4.65. The van der Waals surface area contributed by atoms with Gasteiger partial charge in [-0.1, -0.05) is 15.9 Å². The van der Waals surface area contributed by atoms with Crippen molar-refractivity contribution in [2.45, 2.75) is 6.54 Å². The van der Waals surface area contributed by atoms with Gasteiger partial charge < -0.3 is 10.6 Å². The summed E-state index contributed by atoms with van der Waals surface area (Å²) in [5, 5.41) is 5.84. The van der Waals surface area contributed by atoms with Crippen molar-refractivity contribution in [2.75, 3.05) is 14.1 Å². The van der Waals surface area contributed by atoms with Crippen molar-refractivity contribution in [1.29, 1.82) is 0 Å². The quantitative estimate of drug-likeness (QED) is 0.454. The molecule has 0 fully saturated rings. The van der Waals surface area contributed by atoms with Crippen LogP contribution < -0.4 is 10.6 Å². The predicted octanol–water partition coefficient (Wildman–Crippen LogP) is 2.50. The van der Waals surface area contributed by atoms with E-state index in [1.165, 1.54) is 6.07 Å². The molecule has 1 rings (SSSR count). The second-order valence-corrected chi connectivity index (χ2v) is 3.83. The Balaban J connectivity index is 0.00000225. The smallest absolute Gasteiger partial charge is 0.190 e. The van der Waals surface area contributed by atoms with Crippen LogP contribution in [0.25, 0.3) is 0 Å². The van der Waals surface area contributed by atoms with Gasteiger partial charge in [0.25, 0.3) is 0 Å². The van der Waals surface area contributed by atoms with Gasteiger partial charge in [-0.15, -0.1) is 24.0 Å². The largest absolute Gasteiger partial charge is 0.359 e. The molecule has 0 radical (unpaired) electrons. The van der Waals surface area contributed by atoms with Crippen molar-refractivity contribution < 1.29 is 4.39 Å². The van der Waals surface area contributed by atoms with Gasteiger partial charge in [0.2, 0.25) is 0 Å². The molecule has 0 bridgehead atoms. The second-order valence-electron chi connectivity index (χ2n) is 2.91. The topological polar surface area (TPSA) is 36.4 Å². The molecule has 0 saturated carbocycles. The highest BCUT2D eigenvalue weighted by atomic mass is 127. The van der Waals surface area contributed by atoms with Crippen molar-refractivity contribution in [2.24, 2.45) is 4.99 Å². The van der Waals surface area contributed by atoms with Crippen LogP contribution in [0, 0.1) is 5.82 Å². The van der Waals surface area contributed by atoms with Crippen molar-refractivity contribution >= 4 is 45.9 Å². The first-order valence-corrected chi connectivity index (χ1v) is 5.29. The second kappa shape index (κ2) is 7.83.